The molecule has 0 saturated carbocycles. The van der Waals surface area contributed by atoms with Crippen LogP contribution in [0.15, 0.2) is 0 Å². The molecule has 18 heavy (non-hydrogen) atoms. The fourth-order valence-corrected chi connectivity index (χ4v) is 0.361. The molecule has 0 unspecified atom stereocenters. The summed E-state index contributed by atoms with van der Waals surface area (Å²) in [6.07, 6.45) is -3.08. The highest BCUT2D eigenvalue weighted by molar-refractivity contribution is 5.59. The van der Waals surface area contributed by atoms with E-state index in [-0.39, 0.29) is 0 Å². The maximum Gasteiger partial charge on any atom is 0.508 e. The predicted octanol–water partition coefficient (Wildman–Crippen LogP) is 1.80. The minimum atomic E-state index is -1.83. The Balaban J connectivity index is -0.000000200. The van der Waals surface area contributed by atoms with Crippen LogP contribution in [0.4, 0.5) is 14.4 Å². The zero-order chi connectivity index (χ0) is 15.0. The molecule has 9 nitrogen and oxygen atoms in total. The van der Waals surface area contributed by atoms with Gasteiger partial charge >= 0.3 is 18.5 Å². The van der Waals surface area contributed by atoms with Gasteiger partial charge in [-0.2, -0.15) is 0 Å². The highest BCUT2D eigenvalue weighted by Crippen LogP contribution is 1.81. The molecule has 0 aromatic rings. The quantitative estimate of drug-likeness (QED) is 0.721. The number of hydrogen-bond acceptors (Lipinski definition) is 7. The van der Waals surface area contributed by atoms with Crippen LogP contribution in [0.3, 0.4) is 0 Å². The van der Waals surface area contributed by atoms with Gasteiger partial charge in [-0.05, 0) is 13.8 Å². The van der Waals surface area contributed by atoms with E-state index in [4.69, 9.17) is 15.0 Å². The summed E-state index contributed by atoms with van der Waals surface area (Å²) in [5.41, 5.74) is 0. The van der Waals surface area contributed by atoms with E-state index in [1.54, 1.807) is 13.8 Å². The molecule has 108 valence electrons. The lowest BCUT2D eigenvalue weighted by atomic mass is 10.8. The predicted molar refractivity (Wildman–Crippen MR) is 58.7 cm³/mol. The van der Waals surface area contributed by atoms with Crippen LogP contribution in [0, 0.1) is 0 Å². The standard InChI is InChI=1S/C5H10O3.C3H6O3.CH2O3/c1-3-7-5(6)8-4-2;1-5-3(4)6-2;2-1(3)4/h3-4H2,1-2H3;1-2H3;(H2,2,3,4). The van der Waals surface area contributed by atoms with Crippen LogP contribution in [-0.2, 0) is 18.9 Å². The van der Waals surface area contributed by atoms with Gasteiger partial charge in [-0.15, -0.1) is 0 Å². The van der Waals surface area contributed by atoms with Gasteiger partial charge in [0, 0.05) is 0 Å². The van der Waals surface area contributed by atoms with E-state index in [0.717, 1.165) is 0 Å². The highest BCUT2D eigenvalue weighted by atomic mass is 16.7. The molecule has 0 heterocycles. The number of ether oxygens (including phenoxy) is 4. The van der Waals surface area contributed by atoms with Crippen LogP contribution in [0.2, 0.25) is 0 Å². The molecule has 0 spiro atoms. The maximum atomic E-state index is 10.2. The first-order valence-electron chi connectivity index (χ1n) is 4.68. The van der Waals surface area contributed by atoms with Gasteiger partial charge in [0.1, 0.15) is 0 Å². The second-order valence-corrected chi connectivity index (χ2v) is 2.06. The van der Waals surface area contributed by atoms with Crippen LogP contribution in [0.1, 0.15) is 13.8 Å². The fraction of sp³-hybridized carbons (Fsp3) is 0.667. The molecule has 9 heteroatoms. The molecule has 0 aromatic heterocycles. The van der Waals surface area contributed by atoms with E-state index in [2.05, 4.69) is 18.9 Å². The molecule has 0 atom stereocenters. The van der Waals surface area contributed by atoms with Crippen molar-refractivity contribution in [3.8, 4) is 0 Å². The zero-order valence-corrected chi connectivity index (χ0v) is 10.7. The molecule has 0 aliphatic heterocycles. The summed E-state index contributed by atoms with van der Waals surface area (Å²) in [5, 5.41) is 13.9. The van der Waals surface area contributed by atoms with Gasteiger partial charge < -0.3 is 29.2 Å². The average molecular weight is 270 g/mol. The topological polar surface area (TPSA) is 129 Å². The number of carboxylic acid groups (broad SMARTS) is 2. The minimum Gasteiger partial charge on any atom is -0.450 e. The number of carbonyl (C=O) groups is 3. The van der Waals surface area contributed by atoms with E-state index in [1.165, 1.54) is 14.2 Å². The second-order valence-electron chi connectivity index (χ2n) is 2.06. The zero-order valence-electron chi connectivity index (χ0n) is 10.7. The van der Waals surface area contributed by atoms with Gasteiger partial charge in [-0.25, -0.2) is 14.4 Å². The van der Waals surface area contributed by atoms with E-state index >= 15 is 0 Å². The van der Waals surface area contributed by atoms with Gasteiger partial charge in [-0.1, -0.05) is 0 Å². The lowest BCUT2D eigenvalue weighted by molar-refractivity contribution is 0.0630. The van der Waals surface area contributed by atoms with Crippen molar-refractivity contribution in [2.75, 3.05) is 27.4 Å². The third-order valence-electron chi connectivity index (χ3n) is 0.858. The first kappa shape index (κ1) is 21.1. The van der Waals surface area contributed by atoms with Crippen LogP contribution in [-0.4, -0.2) is 56.1 Å². The summed E-state index contributed by atoms with van der Waals surface area (Å²) < 4.78 is 16.9. The third-order valence-corrected chi connectivity index (χ3v) is 0.858. The van der Waals surface area contributed by atoms with Crippen molar-refractivity contribution in [1.82, 2.24) is 0 Å². The molecule has 0 aromatic carbocycles. The van der Waals surface area contributed by atoms with Crippen LogP contribution < -0.4 is 0 Å². The average Bonchev–Trinajstić information content (AvgIpc) is 2.29. The number of hydrogen-bond donors (Lipinski definition) is 2. The van der Waals surface area contributed by atoms with Gasteiger partial charge in [0.05, 0.1) is 27.4 Å². The molecule has 0 amide bonds. The van der Waals surface area contributed by atoms with Gasteiger partial charge in [0.25, 0.3) is 0 Å². The van der Waals surface area contributed by atoms with Crippen molar-refractivity contribution in [3.63, 3.8) is 0 Å². The van der Waals surface area contributed by atoms with Gasteiger partial charge in [0.15, 0.2) is 0 Å². The summed E-state index contributed by atoms with van der Waals surface area (Å²) in [6, 6.07) is 0. The van der Waals surface area contributed by atoms with E-state index in [0.29, 0.717) is 13.2 Å². The van der Waals surface area contributed by atoms with Crippen molar-refractivity contribution in [1.29, 1.82) is 0 Å². The molecular weight excluding hydrogens is 252 g/mol. The van der Waals surface area contributed by atoms with Crippen molar-refractivity contribution in [2.24, 2.45) is 0 Å². The monoisotopic (exact) mass is 270 g/mol. The van der Waals surface area contributed by atoms with Crippen molar-refractivity contribution >= 4 is 18.5 Å². The molecule has 0 aliphatic carbocycles. The summed E-state index contributed by atoms with van der Waals surface area (Å²) >= 11 is 0. The smallest absolute Gasteiger partial charge is 0.450 e. The lowest BCUT2D eigenvalue weighted by Gasteiger charge is -1.98. The normalized spacial score (nSPS) is 7.33. The highest BCUT2D eigenvalue weighted by Gasteiger charge is 1.96. The second kappa shape index (κ2) is 17.2. The molecule has 0 bridgehead atoms. The molecule has 0 rings (SSSR count). The fourth-order valence-electron chi connectivity index (χ4n) is 0.361. The number of methoxy groups -OCH3 is 2. The lowest BCUT2D eigenvalue weighted by Crippen LogP contribution is -2.05. The van der Waals surface area contributed by atoms with Crippen LogP contribution >= 0.6 is 0 Å². The Morgan fingerprint density at radius 2 is 1.11 bits per heavy atom. The summed E-state index contributed by atoms with van der Waals surface area (Å²) in [4.78, 5) is 28.5. The Hall–Kier alpha value is -2.19. The molecule has 2 N–H and O–H groups in total. The van der Waals surface area contributed by atoms with Gasteiger partial charge in [0.2, 0.25) is 0 Å². The first-order valence-corrected chi connectivity index (χ1v) is 4.68. The summed E-state index contributed by atoms with van der Waals surface area (Å²) in [7, 11) is 2.51. The summed E-state index contributed by atoms with van der Waals surface area (Å²) in [6.45, 7) is 4.21. The maximum absolute atomic E-state index is 10.2. The Labute approximate surface area is 104 Å². The molecule has 0 fully saturated rings. The Morgan fingerprint density at radius 3 is 1.22 bits per heavy atom. The molecule has 0 saturated heterocycles. The molecule has 0 aliphatic rings. The van der Waals surface area contributed by atoms with E-state index in [9.17, 15) is 9.59 Å². The minimum absolute atomic E-state index is 0.374. The Kier molecular flexibility index (Phi) is 20.2. The van der Waals surface area contributed by atoms with Crippen molar-refractivity contribution in [3.05, 3.63) is 0 Å². The van der Waals surface area contributed by atoms with Gasteiger partial charge in [-0.3, -0.25) is 0 Å². The molecule has 0 radical (unpaired) electrons. The van der Waals surface area contributed by atoms with E-state index < -0.39 is 18.5 Å². The van der Waals surface area contributed by atoms with E-state index in [1.807, 2.05) is 0 Å². The van der Waals surface area contributed by atoms with Crippen LogP contribution in [0.25, 0.3) is 0 Å². The number of carbonyl (C=O) groups excluding carboxylic acids is 2. The first-order chi connectivity index (χ1) is 8.35. The molecular formula is C9H18O9. The van der Waals surface area contributed by atoms with Crippen LogP contribution in [0.5, 0.6) is 0 Å². The summed E-state index contributed by atoms with van der Waals surface area (Å²) in [5.74, 6) is 0. The Morgan fingerprint density at radius 1 is 0.833 bits per heavy atom. The number of rotatable bonds is 2. The van der Waals surface area contributed by atoms with Crippen molar-refractivity contribution in [2.45, 2.75) is 13.8 Å². The Bertz CT molecular complexity index is 208. The van der Waals surface area contributed by atoms with Crippen molar-refractivity contribution < 1.29 is 43.5 Å². The third kappa shape index (κ3) is 37.2. The SMILES string of the molecule is CCOC(=O)OCC.COC(=O)OC.O=C(O)O. The largest absolute Gasteiger partial charge is 0.508 e.